The van der Waals surface area contributed by atoms with Crippen molar-refractivity contribution in [2.45, 2.75) is 6.18 Å². The molecule has 3 aromatic rings. The normalized spacial score (nSPS) is 11.1. The highest BCUT2D eigenvalue weighted by Crippen LogP contribution is 2.32. The molecular weight excluding hydrogens is 407 g/mol. The molecule has 1 heterocycles. The van der Waals surface area contributed by atoms with Gasteiger partial charge in [-0.15, -0.1) is 0 Å². The van der Waals surface area contributed by atoms with Gasteiger partial charge in [-0.2, -0.15) is 13.2 Å². The molecule has 9 heteroatoms. The number of rotatable bonds is 5. The molecule has 3 rings (SSSR count). The van der Waals surface area contributed by atoms with Gasteiger partial charge in [0.15, 0.2) is 0 Å². The molecule has 0 spiro atoms. The van der Waals surface area contributed by atoms with Crippen LogP contribution in [0.15, 0.2) is 60.8 Å². The van der Waals surface area contributed by atoms with Crippen molar-refractivity contribution in [1.29, 1.82) is 0 Å². The maximum atomic E-state index is 12.9. The average molecular weight is 422 g/mol. The lowest BCUT2D eigenvalue weighted by Gasteiger charge is -2.14. The van der Waals surface area contributed by atoms with E-state index in [0.29, 0.717) is 16.5 Å². The summed E-state index contributed by atoms with van der Waals surface area (Å²) in [7, 11) is 1.45. The number of ether oxygens (including phenoxy) is 1. The Morgan fingerprint density at radius 2 is 1.90 bits per heavy atom. The quantitative estimate of drug-likeness (QED) is 0.550. The van der Waals surface area contributed by atoms with E-state index >= 15 is 0 Å². The summed E-state index contributed by atoms with van der Waals surface area (Å²) in [5.41, 5.74) is -0.188. The summed E-state index contributed by atoms with van der Waals surface area (Å²) in [6.07, 6.45) is -3.06. The standard InChI is InChI=1S/C20H15ClF3N3O2/c1-29-17-8-7-13(21)11-16(17)27-19(28)15-6-3-9-25-18(15)26-14-5-2-4-12(10-14)20(22,23)24/h2-11H,1H3,(H,25,26)(H,27,28). The Morgan fingerprint density at radius 1 is 1.10 bits per heavy atom. The third kappa shape index (κ3) is 4.97. The minimum Gasteiger partial charge on any atom is -0.495 e. The van der Waals surface area contributed by atoms with Crippen LogP contribution in [0.3, 0.4) is 0 Å². The van der Waals surface area contributed by atoms with E-state index < -0.39 is 17.6 Å². The van der Waals surface area contributed by atoms with Crippen LogP contribution in [0.1, 0.15) is 15.9 Å². The van der Waals surface area contributed by atoms with E-state index in [1.54, 1.807) is 18.2 Å². The fraction of sp³-hybridized carbons (Fsp3) is 0.100. The monoisotopic (exact) mass is 421 g/mol. The van der Waals surface area contributed by atoms with Gasteiger partial charge in [-0.1, -0.05) is 17.7 Å². The van der Waals surface area contributed by atoms with Gasteiger partial charge in [0.1, 0.15) is 11.6 Å². The number of halogens is 4. The lowest BCUT2D eigenvalue weighted by molar-refractivity contribution is -0.137. The van der Waals surface area contributed by atoms with Gasteiger partial charge in [0, 0.05) is 16.9 Å². The van der Waals surface area contributed by atoms with Crippen LogP contribution >= 0.6 is 11.6 Å². The molecule has 0 saturated carbocycles. The van der Waals surface area contributed by atoms with E-state index in [1.165, 1.54) is 37.6 Å². The van der Waals surface area contributed by atoms with Crippen molar-refractivity contribution in [3.8, 4) is 5.75 Å². The van der Waals surface area contributed by atoms with Crippen molar-refractivity contribution in [3.05, 3.63) is 76.9 Å². The van der Waals surface area contributed by atoms with Crippen molar-refractivity contribution in [2.24, 2.45) is 0 Å². The molecule has 0 aliphatic rings. The third-order valence-corrected chi connectivity index (χ3v) is 4.15. The Labute approximate surface area is 169 Å². The van der Waals surface area contributed by atoms with Gasteiger partial charge in [0.2, 0.25) is 0 Å². The Morgan fingerprint density at radius 3 is 2.62 bits per heavy atom. The number of nitrogens with zero attached hydrogens (tertiary/aromatic N) is 1. The fourth-order valence-corrected chi connectivity index (χ4v) is 2.74. The van der Waals surface area contributed by atoms with Crippen LogP contribution in [0.2, 0.25) is 5.02 Å². The summed E-state index contributed by atoms with van der Waals surface area (Å²) >= 11 is 5.97. The maximum absolute atomic E-state index is 12.9. The number of hydrogen-bond acceptors (Lipinski definition) is 4. The largest absolute Gasteiger partial charge is 0.495 e. The summed E-state index contributed by atoms with van der Waals surface area (Å²) in [5, 5.41) is 5.83. The third-order valence-electron chi connectivity index (χ3n) is 3.91. The van der Waals surface area contributed by atoms with Gasteiger partial charge in [-0.25, -0.2) is 4.98 Å². The van der Waals surface area contributed by atoms with E-state index in [4.69, 9.17) is 16.3 Å². The number of carbonyl (C=O) groups excluding carboxylic acids is 1. The van der Waals surface area contributed by atoms with E-state index in [0.717, 1.165) is 12.1 Å². The lowest BCUT2D eigenvalue weighted by atomic mass is 10.1. The molecule has 0 fully saturated rings. The number of methoxy groups -OCH3 is 1. The lowest BCUT2D eigenvalue weighted by Crippen LogP contribution is -2.15. The SMILES string of the molecule is COc1ccc(Cl)cc1NC(=O)c1cccnc1Nc1cccc(C(F)(F)F)c1. The summed E-state index contributed by atoms with van der Waals surface area (Å²) in [6, 6.07) is 12.4. The number of amides is 1. The summed E-state index contributed by atoms with van der Waals surface area (Å²) in [6.45, 7) is 0. The average Bonchev–Trinajstić information content (AvgIpc) is 2.68. The van der Waals surface area contributed by atoms with Gasteiger partial charge < -0.3 is 15.4 Å². The number of carbonyl (C=O) groups is 1. The van der Waals surface area contributed by atoms with Crippen molar-refractivity contribution < 1.29 is 22.7 Å². The predicted octanol–water partition coefficient (Wildman–Crippen LogP) is 5.76. The van der Waals surface area contributed by atoms with Gasteiger partial charge in [0.25, 0.3) is 5.91 Å². The number of hydrogen-bond donors (Lipinski definition) is 2. The molecule has 0 aliphatic carbocycles. The molecule has 2 N–H and O–H groups in total. The number of nitrogens with one attached hydrogen (secondary N) is 2. The zero-order valence-corrected chi connectivity index (χ0v) is 15.8. The molecule has 2 aromatic carbocycles. The smallest absolute Gasteiger partial charge is 0.416 e. The highest BCUT2D eigenvalue weighted by molar-refractivity contribution is 6.31. The summed E-state index contributed by atoms with van der Waals surface area (Å²) in [5.74, 6) is -0.0301. The number of anilines is 3. The molecule has 150 valence electrons. The van der Waals surface area contributed by atoms with Gasteiger partial charge in [-0.3, -0.25) is 4.79 Å². The van der Waals surface area contributed by atoms with Crippen molar-refractivity contribution in [3.63, 3.8) is 0 Å². The highest BCUT2D eigenvalue weighted by atomic mass is 35.5. The predicted molar refractivity (Wildman–Crippen MR) is 105 cm³/mol. The highest BCUT2D eigenvalue weighted by Gasteiger charge is 2.30. The number of pyridine rings is 1. The first-order chi connectivity index (χ1) is 13.8. The molecule has 0 radical (unpaired) electrons. The van der Waals surface area contributed by atoms with Gasteiger partial charge in [0.05, 0.1) is 23.9 Å². The molecule has 0 saturated heterocycles. The van der Waals surface area contributed by atoms with E-state index in [2.05, 4.69) is 15.6 Å². The van der Waals surface area contributed by atoms with Crippen LogP contribution in [-0.2, 0) is 6.18 Å². The first-order valence-electron chi connectivity index (χ1n) is 8.32. The molecule has 0 aliphatic heterocycles. The zero-order valence-electron chi connectivity index (χ0n) is 15.0. The van der Waals surface area contributed by atoms with Crippen LogP contribution in [0.5, 0.6) is 5.75 Å². The Balaban J connectivity index is 1.88. The van der Waals surface area contributed by atoms with Crippen LogP contribution in [0, 0.1) is 0 Å². The first-order valence-corrected chi connectivity index (χ1v) is 8.70. The van der Waals surface area contributed by atoms with Crippen LogP contribution in [0.4, 0.5) is 30.4 Å². The molecular formula is C20H15ClF3N3O2. The molecule has 1 amide bonds. The van der Waals surface area contributed by atoms with Gasteiger partial charge in [-0.05, 0) is 48.5 Å². The van der Waals surface area contributed by atoms with E-state index in [1.807, 2.05) is 0 Å². The second kappa shape index (κ2) is 8.40. The first kappa shape index (κ1) is 20.5. The molecule has 5 nitrogen and oxygen atoms in total. The second-order valence-corrected chi connectivity index (χ2v) is 6.34. The number of aromatic nitrogens is 1. The zero-order chi connectivity index (χ0) is 21.0. The topological polar surface area (TPSA) is 63.2 Å². The number of alkyl halides is 3. The maximum Gasteiger partial charge on any atom is 0.416 e. The minimum absolute atomic E-state index is 0.102. The Kier molecular flexibility index (Phi) is 5.93. The molecule has 0 atom stereocenters. The van der Waals surface area contributed by atoms with Crippen LogP contribution in [0.25, 0.3) is 0 Å². The van der Waals surface area contributed by atoms with Crippen molar-refractivity contribution >= 4 is 34.7 Å². The van der Waals surface area contributed by atoms with Crippen LogP contribution < -0.4 is 15.4 Å². The van der Waals surface area contributed by atoms with E-state index in [-0.39, 0.29) is 17.1 Å². The molecule has 1 aromatic heterocycles. The Hall–Kier alpha value is -3.26. The summed E-state index contributed by atoms with van der Waals surface area (Å²) in [4.78, 5) is 16.8. The second-order valence-electron chi connectivity index (χ2n) is 5.90. The van der Waals surface area contributed by atoms with Gasteiger partial charge >= 0.3 is 6.18 Å². The Bertz CT molecular complexity index is 1040. The molecule has 0 unspecified atom stereocenters. The van der Waals surface area contributed by atoms with Crippen molar-refractivity contribution in [2.75, 3.05) is 17.7 Å². The van der Waals surface area contributed by atoms with Crippen molar-refractivity contribution in [1.82, 2.24) is 4.98 Å². The summed E-state index contributed by atoms with van der Waals surface area (Å²) < 4.78 is 44.0. The van der Waals surface area contributed by atoms with Crippen LogP contribution in [-0.4, -0.2) is 18.0 Å². The minimum atomic E-state index is -4.48. The molecule has 29 heavy (non-hydrogen) atoms. The number of benzene rings is 2. The van der Waals surface area contributed by atoms with E-state index in [9.17, 15) is 18.0 Å². The fourth-order valence-electron chi connectivity index (χ4n) is 2.57. The molecule has 0 bridgehead atoms.